The molecule has 2 aromatic heterocycles. The highest BCUT2D eigenvalue weighted by Gasteiger charge is 2.27. The summed E-state index contributed by atoms with van der Waals surface area (Å²) in [4.78, 5) is 31.4. The molecule has 32 heavy (non-hydrogen) atoms. The summed E-state index contributed by atoms with van der Waals surface area (Å²) in [6.07, 6.45) is 5.79. The van der Waals surface area contributed by atoms with E-state index in [4.69, 9.17) is 0 Å². The quantitative estimate of drug-likeness (QED) is 0.580. The average molecular weight is 430 g/mol. The average Bonchev–Trinajstić information content (AvgIpc) is 2.85. The van der Waals surface area contributed by atoms with Crippen molar-refractivity contribution in [3.8, 4) is 0 Å². The maximum Gasteiger partial charge on any atom is 0.271 e. The maximum atomic E-state index is 12.9. The van der Waals surface area contributed by atoms with Gasteiger partial charge in [-0.1, -0.05) is 30.3 Å². The number of nitrogens with one attached hydrogen (secondary N) is 1. The van der Waals surface area contributed by atoms with Gasteiger partial charge in [0.15, 0.2) is 17.3 Å². The zero-order valence-electron chi connectivity index (χ0n) is 18.2. The lowest BCUT2D eigenvalue weighted by Crippen LogP contribution is -2.37. The van der Waals surface area contributed by atoms with Crippen molar-refractivity contribution in [1.82, 2.24) is 20.5 Å². The molecule has 4 rings (SSSR count). The van der Waals surface area contributed by atoms with Crippen LogP contribution in [0.4, 0.5) is 5.82 Å². The summed E-state index contributed by atoms with van der Waals surface area (Å²) >= 11 is 0. The van der Waals surface area contributed by atoms with Crippen LogP contribution < -0.4 is 10.2 Å². The Labute approximate surface area is 187 Å². The minimum absolute atomic E-state index is 0.0326. The second kappa shape index (κ2) is 10.1. The molecule has 1 aliphatic heterocycles. The number of anilines is 1. The first kappa shape index (κ1) is 21.6. The highest BCUT2D eigenvalue weighted by molar-refractivity contribution is 5.99. The molecular weight excluding hydrogens is 402 g/mol. The molecule has 1 saturated heterocycles. The van der Waals surface area contributed by atoms with Gasteiger partial charge in [-0.05, 0) is 55.5 Å². The molecule has 1 N–H and O–H groups in total. The standard InChI is InChI=1S/C25H27N5O2/c1-18-5-2-3-7-21(18)24(31)20-11-15-30(16-12-20)23-9-8-22(28-29-23)25(32)27-14-10-19-6-4-13-26-17-19/h2-9,13,17,20H,10-12,14-16H2,1H3,(H,27,32). The normalized spacial score (nSPS) is 14.2. The Morgan fingerprint density at radius 3 is 2.53 bits per heavy atom. The van der Waals surface area contributed by atoms with Gasteiger partial charge >= 0.3 is 0 Å². The van der Waals surface area contributed by atoms with Crippen molar-refractivity contribution in [1.29, 1.82) is 0 Å². The number of ketones is 1. The lowest BCUT2D eigenvalue weighted by molar-refractivity contribution is 0.0898. The van der Waals surface area contributed by atoms with Crippen molar-refractivity contribution in [2.75, 3.05) is 24.5 Å². The number of amides is 1. The van der Waals surface area contributed by atoms with E-state index in [2.05, 4.69) is 25.4 Å². The minimum Gasteiger partial charge on any atom is -0.355 e. The van der Waals surface area contributed by atoms with E-state index in [-0.39, 0.29) is 17.6 Å². The van der Waals surface area contributed by atoms with Gasteiger partial charge in [0.05, 0.1) is 0 Å². The molecule has 0 bridgehead atoms. The molecule has 0 spiro atoms. The Hall–Kier alpha value is -3.61. The van der Waals surface area contributed by atoms with E-state index >= 15 is 0 Å². The predicted molar refractivity (Wildman–Crippen MR) is 123 cm³/mol. The smallest absolute Gasteiger partial charge is 0.271 e. The fourth-order valence-corrected chi connectivity index (χ4v) is 4.01. The van der Waals surface area contributed by atoms with Gasteiger partial charge in [-0.3, -0.25) is 14.6 Å². The molecule has 0 aliphatic carbocycles. The van der Waals surface area contributed by atoms with Crippen molar-refractivity contribution < 1.29 is 9.59 Å². The van der Waals surface area contributed by atoms with E-state index in [0.717, 1.165) is 48.4 Å². The number of carbonyl (C=O) groups excluding carboxylic acids is 2. The van der Waals surface area contributed by atoms with E-state index in [1.807, 2.05) is 49.4 Å². The van der Waals surface area contributed by atoms with Gasteiger partial charge in [0, 0.05) is 43.5 Å². The van der Waals surface area contributed by atoms with Gasteiger partial charge in [0.25, 0.3) is 5.91 Å². The van der Waals surface area contributed by atoms with Crippen LogP contribution in [0.3, 0.4) is 0 Å². The van der Waals surface area contributed by atoms with Crippen LogP contribution in [0.1, 0.15) is 44.8 Å². The summed E-state index contributed by atoms with van der Waals surface area (Å²) < 4.78 is 0. The van der Waals surface area contributed by atoms with Crippen molar-refractivity contribution in [3.05, 3.63) is 83.3 Å². The Bertz CT molecular complexity index is 1060. The van der Waals surface area contributed by atoms with Crippen LogP contribution in [0, 0.1) is 12.8 Å². The van der Waals surface area contributed by atoms with Crippen LogP contribution in [0.15, 0.2) is 60.9 Å². The fraction of sp³-hybridized carbons (Fsp3) is 0.320. The number of hydrogen-bond acceptors (Lipinski definition) is 6. The van der Waals surface area contributed by atoms with Gasteiger partial charge in [0.1, 0.15) is 0 Å². The molecule has 7 heteroatoms. The number of rotatable bonds is 7. The van der Waals surface area contributed by atoms with Crippen LogP contribution >= 0.6 is 0 Å². The molecule has 164 valence electrons. The van der Waals surface area contributed by atoms with Gasteiger partial charge in [-0.2, -0.15) is 0 Å². The number of hydrogen-bond donors (Lipinski definition) is 1. The minimum atomic E-state index is -0.240. The number of aryl methyl sites for hydroxylation is 1. The van der Waals surface area contributed by atoms with E-state index in [9.17, 15) is 9.59 Å². The second-order valence-electron chi connectivity index (χ2n) is 8.08. The van der Waals surface area contributed by atoms with Crippen LogP contribution in [-0.2, 0) is 6.42 Å². The second-order valence-corrected chi connectivity index (χ2v) is 8.08. The first-order chi connectivity index (χ1) is 15.6. The Morgan fingerprint density at radius 2 is 1.84 bits per heavy atom. The number of benzene rings is 1. The van der Waals surface area contributed by atoms with Crippen LogP contribution in [0.5, 0.6) is 0 Å². The van der Waals surface area contributed by atoms with Crippen molar-refractivity contribution >= 4 is 17.5 Å². The summed E-state index contributed by atoms with van der Waals surface area (Å²) in [5.41, 5.74) is 3.22. The Kier molecular flexibility index (Phi) is 6.84. The molecular formula is C25H27N5O2. The summed E-state index contributed by atoms with van der Waals surface area (Å²) in [6.45, 7) is 3.98. The molecule has 1 fully saturated rings. The molecule has 3 heterocycles. The van der Waals surface area contributed by atoms with Crippen LogP contribution in [-0.4, -0.2) is 46.5 Å². The number of Topliss-reactive ketones (excluding diaryl/α,β-unsaturated/α-hetero) is 1. The van der Waals surface area contributed by atoms with Gasteiger partial charge in [0.2, 0.25) is 0 Å². The van der Waals surface area contributed by atoms with Gasteiger partial charge in [-0.25, -0.2) is 0 Å². The Morgan fingerprint density at radius 1 is 1.03 bits per heavy atom. The lowest BCUT2D eigenvalue weighted by atomic mass is 9.87. The molecule has 1 aliphatic rings. The monoisotopic (exact) mass is 429 g/mol. The molecule has 7 nitrogen and oxygen atoms in total. The third-order valence-electron chi connectivity index (χ3n) is 5.91. The third-order valence-corrected chi connectivity index (χ3v) is 5.91. The molecule has 0 unspecified atom stereocenters. The Balaban J connectivity index is 1.28. The van der Waals surface area contributed by atoms with E-state index < -0.39 is 0 Å². The zero-order valence-corrected chi connectivity index (χ0v) is 18.2. The fourth-order valence-electron chi connectivity index (χ4n) is 4.01. The molecule has 3 aromatic rings. The molecule has 1 aromatic carbocycles. The lowest BCUT2D eigenvalue weighted by Gasteiger charge is -2.32. The predicted octanol–water partition coefficient (Wildman–Crippen LogP) is 3.25. The topological polar surface area (TPSA) is 88.1 Å². The zero-order chi connectivity index (χ0) is 22.3. The van der Waals surface area contributed by atoms with E-state index in [1.54, 1.807) is 18.5 Å². The van der Waals surface area contributed by atoms with Crippen LogP contribution in [0.2, 0.25) is 0 Å². The summed E-state index contributed by atoms with van der Waals surface area (Å²) in [6, 6.07) is 15.2. The molecule has 1 amide bonds. The largest absolute Gasteiger partial charge is 0.355 e. The van der Waals surface area contributed by atoms with Crippen molar-refractivity contribution in [2.45, 2.75) is 26.2 Å². The maximum absolute atomic E-state index is 12.9. The van der Waals surface area contributed by atoms with Crippen molar-refractivity contribution in [2.24, 2.45) is 5.92 Å². The summed E-state index contributed by atoms with van der Waals surface area (Å²) in [5, 5.41) is 11.2. The number of carbonyl (C=O) groups is 2. The third kappa shape index (κ3) is 5.17. The molecule has 0 atom stereocenters. The van der Waals surface area contributed by atoms with Gasteiger partial charge < -0.3 is 10.2 Å². The first-order valence-corrected chi connectivity index (χ1v) is 11.0. The van der Waals surface area contributed by atoms with Crippen molar-refractivity contribution in [3.63, 3.8) is 0 Å². The number of pyridine rings is 1. The van der Waals surface area contributed by atoms with Crippen LogP contribution in [0.25, 0.3) is 0 Å². The highest BCUT2D eigenvalue weighted by Crippen LogP contribution is 2.25. The summed E-state index contributed by atoms with van der Waals surface area (Å²) in [7, 11) is 0. The number of aromatic nitrogens is 3. The van der Waals surface area contributed by atoms with Gasteiger partial charge in [-0.15, -0.1) is 10.2 Å². The highest BCUT2D eigenvalue weighted by atomic mass is 16.2. The summed E-state index contributed by atoms with van der Waals surface area (Å²) in [5.74, 6) is 0.756. The molecule has 0 saturated carbocycles. The number of piperidine rings is 1. The molecule has 0 radical (unpaired) electrons. The first-order valence-electron chi connectivity index (χ1n) is 11.0. The SMILES string of the molecule is Cc1ccccc1C(=O)C1CCN(c2ccc(C(=O)NCCc3cccnc3)nn2)CC1. The van der Waals surface area contributed by atoms with E-state index in [0.29, 0.717) is 18.7 Å². The van der Waals surface area contributed by atoms with E-state index in [1.165, 1.54) is 0 Å². The number of nitrogens with zero attached hydrogens (tertiary/aromatic N) is 4.